The van der Waals surface area contributed by atoms with Gasteiger partial charge in [0.2, 0.25) is 0 Å². The Balaban J connectivity index is 1.50. The maximum absolute atomic E-state index is 12.3. The Labute approximate surface area is 260 Å². The summed E-state index contributed by atoms with van der Waals surface area (Å²) < 4.78 is 33.3. The highest BCUT2D eigenvalue weighted by atomic mass is 16.7. The first-order chi connectivity index (χ1) is 21.1. The number of esters is 1. The molecule has 0 aromatic rings. The highest BCUT2D eigenvalue weighted by Gasteiger charge is 2.56. The van der Waals surface area contributed by atoms with E-state index in [0.717, 1.165) is 6.92 Å². The minimum atomic E-state index is -1.88. The number of methoxy groups -OCH3 is 2. The SMILES string of the molecule is COC1CC(C2[OH+]C3CC(O)CC(O)C3CC2OC2OC(COC(=O)CC(C)(O)CC(=O)O)C(O)C(O)C2O)CC(OC)C1O. The summed E-state index contributed by atoms with van der Waals surface area (Å²) >= 11 is 0. The van der Waals surface area contributed by atoms with Gasteiger partial charge in [0.25, 0.3) is 0 Å². The van der Waals surface area contributed by atoms with Gasteiger partial charge >= 0.3 is 11.9 Å². The molecule has 0 aromatic carbocycles. The monoisotopic (exact) mass is 653 g/mol. The summed E-state index contributed by atoms with van der Waals surface area (Å²) in [5.41, 5.74) is -1.88. The Hall–Kier alpha value is -1.54. The first-order valence-electron chi connectivity index (χ1n) is 15.4. The summed E-state index contributed by atoms with van der Waals surface area (Å²) in [5, 5.41) is 82.9. The Morgan fingerprint density at radius 3 is 2.09 bits per heavy atom. The van der Waals surface area contributed by atoms with Crippen molar-refractivity contribution in [2.45, 2.75) is 137 Å². The van der Waals surface area contributed by atoms with Crippen molar-refractivity contribution in [1.82, 2.24) is 0 Å². The van der Waals surface area contributed by atoms with Gasteiger partial charge in [-0.3, -0.25) is 9.59 Å². The van der Waals surface area contributed by atoms with Gasteiger partial charge in [-0.25, -0.2) is 0 Å². The highest BCUT2D eigenvalue weighted by molar-refractivity contribution is 5.73. The van der Waals surface area contributed by atoms with Crippen LogP contribution in [0.1, 0.15) is 51.9 Å². The number of carbonyl (C=O) groups is 2. The van der Waals surface area contributed by atoms with E-state index in [1.807, 2.05) is 0 Å². The second kappa shape index (κ2) is 15.1. The molecule has 45 heavy (non-hydrogen) atoms. The molecule has 0 spiro atoms. The average molecular weight is 654 g/mol. The van der Waals surface area contributed by atoms with Crippen molar-refractivity contribution in [2.75, 3.05) is 20.8 Å². The van der Waals surface area contributed by atoms with E-state index in [2.05, 4.69) is 0 Å². The minimum absolute atomic E-state index is 0.168. The predicted molar refractivity (Wildman–Crippen MR) is 149 cm³/mol. The van der Waals surface area contributed by atoms with Gasteiger partial charge in [-0.1, -0.05) is 0 Å². The molecule has 4 fully saturated rings. The van der Waals surface area contributed by atoms with Gasteiger partial charge in [-0.15, -0.1) is 0 Å². The number of hydrogen-bond donors (Lipinski definition) is 8. The summed E-state index contributed by atoms with van der Waals surface area (Å²) in [6.45, 7) is 0.563. The summed E-state index contributed by atoms with van der Waals surface area (Å²) in [7, 11) is 2.97. The number of carbonyl (C=O) groups excluding carboxylic acids is 1. The second-order valence-electron chi connectivity index (χ2n) is 13.2. The van der Waals surface area contributed by atoms with E-state index in [1.165, 1.54) is 14.2 Å². The van der Waals surface area contributed by atoms with Crippen molar-refractivity contribution in [3.63, 3.8) is 0 Å². The van der Waals surface area contributed by atoms with Gasteiger partial charge in [0.15, 0.2) is 18.5 Å². The average Bonchev–Trinajstić information content (AvgIpc) is 2.95. The molecule has 2 saturated carbocycles. The van der Waals surface area contributed by atoms with Gasteiger partial charge in [0.05, 0.1) is 48.8 Å². The van der Waals surface area contributed by atoms with Crippen molar-refractivity contribution < 1.29 is 78.9 Å². The van der Waals surface area contributed by atoms with E-state index in [1.54, 1.807) is 0 Å². The van der Waals surface area contributed by atoms with Crippen LogP contribution in [0.2, 0.25) is 0 Å². The molecule has 16 heteroatoms. The van der Waals surface area contributed by atoms with Crippen LogP contribution in [-0.4, -0.2) is 163 Å². The predicted octanol–water partition coefficient (Wildman–Crippen LogP) is -3.06. The zero-order chi connectivity index (χ0) is 33.2. The molecule has 2 heterocycles. The molecule has 260 valence electrons. The fourth-order valence-electron chi connectivity index (χ4n) is 7.26. The van der Waals surface area contributed by atoms with Crippen molar-refractivity contribution >= 4 is 11.9 Å². The molecule has 14 unspecified atom stereocenters. The first-order valence-corrected chi connectivity index (χ1v) is 15.4. The topological polar surface area (TPSA) is 255 Å². The fourth-order valence-corrected chi connectivity index (χ4v) is 7.26. The molecule has 9 N–H and O–H groups in total. The molecule has 4 rings (SSSR count). The number of fused-ring (bicyclic) bond motifs is 1. The molecule has 2 aliphatic carbocycles. The molecule has 2 aliphatic heterocycles. The Morgan fingerprint density at radius 1 is 0.844 bits per heavy atom. The summed E-state index contributed by atoms with van der Waals surface area (Å²) in [4.78, 5) is 23.3. The smallest absolute Gasteiger partial charge is 0.308 e. The number of ether oxygens (including phenoxy) is 6. The van der Waals surface area contributed by atoms with E-state index in [-0.39, 0.29) is 30.8 Å². The first kappa shape index (κ1) is 36.3. The fraction of sp³-hybridized carbons (Fsp3) is 0.931. The minimum Gasteiger partial charge on any atom is -0.481 e. The molecule has 2 saturated heterocycles. The van der Waals surface area contributed by atoms with Crippen LogP contribution in [0.4, 0.5) is 0 Å². The van der Waals surface area contributed by atoms with Crippen molar-refractivity contribution in [1.29, 1.82) is 0 Å². The largest absolute Gasteiger partial charge is 0.481 e. The third-order valence-corrected chi connectivity index (χ3v) is 9.63. The second-order valence-corrected chi connectivity index (χ2v) is 13.2. The summed E-state index contributed by atoms with van der Waals surface area (Å²) in [5.74, 6) is -2.89. The number of aliphatic hydroxyl groups excluding tert-OH is 6. The highest BCUT2D eigenvalue weighted by Crippen LogP contribution is 2.43. The van der Waals surface area contributed by atoms with Crippen molar-refractivity contribution in [3.8, 4) is 0 Å². The van der Waals surface area contributed by atoms with E-state index >= 15 is 0 Å². The summed E-state index contributed by atoms with van der Waals surface area (Å²) in [6.07, 6.45) is -13.1. The van der Waals surface area contributed by atoms with Crippen LogP contribution in [0.15, 0.2) is 0 Å². The molecule has 16 nitrogen and oxygen atoms in total. The van der Waals surface area contributed by atoms with Gasteiger partial charge < -0.3 is 69.3 Å². The van der Waals surface area contributed by atoms with Crippen LogP contribution in [0.3, 0.4) is 0 Å². The Kier molecular flexibility index (Phi) is 12.2. The lowest BCUT2D eigenvalue weighted by atomic mass is 9.72. The van der Waals surface area contributed by atoms with Gasteiger partial charge in [-0.2, -0.15) is 0 Å². The lowest BCUT2D eigenvalue weighted by Gasteiger charge is -2.49. The van der Waals surface area contributed by atoms with Crippen LogP contribution in [-0.2, 0) is 33.3 Å². The molecule has 14 atom stereocenters. The Morgan fingerprint density at radius 2 is 1.49 bits per heavy atom. The normalized spacial score (nSPS) is 45.2. The van der Waals surface area contributed by atoms with Gasteiger partial charge in [0.1, 0.15) is 43.2 Å². The van der Waals surface area contributed by atoms with Gasteiger partial charge in [-0.05, 0) is 26.2 Å². The molecule has 4 aliphatic rings. The number of rotatable bonds is 11. The molecular formula is C29H49O16+. The molecular weight excluding hydrogens is 604 g/mol. The number of hydrogen-bond acceptors (Lipinski definition) is 14. The lowest BCUT2D eigenvalue weighted by molar-refractivity contribution is -0.357. The standard InChI is InChI=1S/C29H48O16/c1-29(39,9-21(32)33)10-22(34)42-11-20-24(36)25(37)26(38)28(45-20)44-19-8-14-15(31)6-13(30)7-16(14)43-27(19)12-4-17(40-2)23(35)18(5-12)41-3/h12-20,23-28,30-31,35-39H,4-11H2,1-3H3,(H,32,33)/p+1. The molecule has 0 radical (unpaired) electrons. The van der Waals surface area contributed by atoms with E-state index < -0.39 is 110 Å². The molecule has 0 bridgehead atoms. The maximum atomic E-state index is 12.3. The van der Waals surface area contributed by atoms with Crippen molar-refractivity contribution in [3.05, 3.63) is 0 Å². The van der Waals surface area contributed by atoms with Crippen LogP contribution in [0.25, 0.3) is 0 Å². The van der Waals surface area contributed by atoms with E-state index in [9.17, 15) is 45.3 Å². The molecule has 0 amide bonds. The third-order valence-electron chi connectivity index (χ3n) is 9.63. The lowest BCUT2D eigenvalue weighted by Crippen LogP contribution is -2.63. The zero-order valence-corrected chi connectivity index (χ0v) is 25.7. The van der Waals surface area contributed by atoms with E-state index in [0.29, 0.717) is 19.3 Å². The Bertz CT molecular complexity index is 981. The number of carboxylic acid groups (broad SMARTS) is 1. The number of aliphatic hydroxyl groups is 9. The number of carboxylic acids is 1. The maximum Gasteiger partial charge on any atom is 0.308 e. The summed E-state index contributed by atoms with van der Waals surface area (Å²) in [6, 6.07) is 0. The van der Waals surface area contributed by atoms with Crippen LogP contribution < -0.4 is 0 Å². The third kappa shape index (κ3) is 8.69. The number of aliphatic carboxylic acids is 1. The van der Waals surface area contributed by atoms with E-state index in [4.69, 9.17) is 33.5 Å². The quantitative estimate of drug-likeness (QED) is 0.0814. The molecule has 0 aromatic heterocycles. The van der Waals surface area contributed by atoms with Crippen molar-refractivity contribution in [2.24, 2.45) is 11.8 Å². The van der Waals surface area contributed by atoms with Crippen LogP contribution in [0, 0.1) is 11.8 Å². The van der Waals surface area contributed by atoms with Crippen LogP contribution >= 0.6 is 0 Å². The zero-order valence-electron chi connectivity index (χ0n) is 25.7. The van der Waals surface area contributed by atoms with Gasteiger partial charge in [0, 0.05) is 33.0 Å². The van der Waals surface area contributed by atoms with Crippen LogP contribution in [0.5, 0.6) is 0 Å².